The van der Waals surface area contributed by atoms with Crippen LogP contribution in [0, 0.1) is 0 Å². The smallest absolute Gasteiger partial charge is 0.274 e. The predicted octanol–water partition coefficient (Wildman–Crippen LogP) is 2.86. The number of carbonyl (C=O) groups excluding carboxylic acids is 1. The molecule has 5 rings (SSSR count). The number of nitrogens with zero attached hydrogens (tertiary/aromatic N) is 4. The van der Waals surface area contributed by atoms with Gasteiger partial charge in [0.25, 0.3) is 11.5 Å². The number of nitrogens with one attached hydrogen (secondary N) is 1. The van der Waals surface area contributed by atoms with Crippen molar-refractivity contribution in [1.29, 1.82) is 0 Å². The zero-order valence-electron chi connectivity index (χ0n) is 15.6. The van der Waals surface area contributed by atoms with E-state index in [9.17, 15) is 9.59 Å². The van der Waals surface area contributed by atoms with E-state index in [2.05, 4.69) is 15.2 Å². The van der Waals surface area contributed by atoms with E-state index in [1.807, 2.05) is 18.2 Å². The number of H-pyrrole nitrogens is 1. The molecule has 1 N–H and O–H groups in total. The summed E-state index contributed by atoms with van der Waals surface area (Å²) in [5.41, 5.74) is 1.59. The van der Waals surface area contributed by atoms with Crippen LogP contribution in [0.5, 0.6) is 0 Å². The molecular formula is C21H19N5O3. The molecule has 0 bridgehead atoms. The molecule has 0 radical (unpaired) electrons. The van der Waals surface area contributed by atoms with Crippen LogP contribution in [0.3, 0.4) is 0 Å². The molecule has 0 spiro atoms. The third-order valence-electron chi connectivity index (χ3n) is 5.35. The van der Waals surface area contributed by atoms with Crippen molar-refractivity contribution in [3.8, 4) is 11.5 Å². The maximum atomic E-state index is 13.0. The van der Waals surface area contributed by atoms with Gasteiger partial charge >= 0.3 is 0 Å². The van der Waals surface area contributed by atoms with Gasteiger partial charge in [0.1, 0.15) is 5.69 Å². The molecule has 1 fully saturated rings. The van der Waals surface area contributed by atoms with Crippen LogP contribution in [-0.2, 0) is 0 Å². The van der Waals surface area contributed by atoms with E-state index in [1.54, 1.807) is 46.3 Å². The number of hydrogen-bond acceptors (Lipinski definition) is 5. The molecule has 1 amide bonds. The lowest BCUT2D eigenvalue weighted by molar-refractivity contribution is 0.0671. The third-order valence-corrected chi connectivity index (χ3v) is 5.35. The molecule has 0 saturated carbocycles. The van der Waals surface area contributed by atoms with Crippen molar-refractivity contribution in [2.75, 3.05) is 13.1 Å². The van der Waals surface area contributed by atoms with Gasteiger partial charge in [-0.3, -0.25) is 19.3 Å². The van der Waals surface area contributed by atoms with E-state index >= 15 is 0 Å². The molecular weight excluding hydrogens is 370 g/mol. The van der Waals surface area contributed by atoms with Crippen molar-refractivity contribution in [2.45, 2.75) is 18.9 Å². The minimum atomic E-state index is -0.162. The number of carbonyl (C=O) groups is 1. The number of aromatic amines is 1. The van der Waals surface area contributed by atoms with Gasteiger partial charge in [0.2, 0.25) is 0 Å². The number of fused-ring (bicyclic) bond motifs is 1. The lowest BCUT2D eigenvalue weighted by Crippen LogP contribution is -2.43. The monoisotopic (exact) mass is 389 g/mol. The van der Waals surface area contributed by atoms with Crippen LogP contribution in [0.15, 0.2) is 64.3 Å². The quantitative estimate of drug-likeness (QED) is 0.581. The zero-order chi connectivity index (χ0) is 19.8. The van der Waals surface area contributed by atoms with Crippen LogP contribution in [-0.4, -0.2) is 43.6 Å². The van der Waals surface area contributed by atoms with Crippen LogP contribution in [0.1, 0.15) is 29.4 Å². The topological polar surface area (TPSA) is 97.0 Å². The lowest BCUT2D eigenvalue weighted by atomic mass is 10.0. The summed E-state index contributed by atoms with van der Waals surface area (Å²) < 4.78 is 6.99. The summed E-state index contributed by atoms with van der Waals surface area (Å²) in [6.07, 6.45) is 4.79. The fraction of sp³-hybridized carbons (Fsp3) is 0.238. The average Bonchev–Trinajstić information content (AvgIpc) is 3.46. The molecule has 8 nitrogen and oxygen atoms in total. The van der Waals surface area contributed by atoms with Crippen LogP contribution < -0.4 is 5.56 Å². The Bertz CT molecular complexity index is 1220. The van der Waals surface area contributed by atoms with E-state index in [-0.39, 0.29) is 17.5 Å². The molecule has 4 aromatic rings. The highest BCUT2D eigenvalue weighted by Gasteiger charge is 2.28. The molecule has 4 heterocycles. The second kappa shape index (κ2) is 7.05. The molecule has 1 aliphatic rings. The van der Waals surface area contributed by atoms with Gasteiger partial charge in [0.15, 0.2) is 11.5 Å². The van der Waals surface area contributed by atoms with Crippen molar-refractivity contribution in [3.63, 3.8) is 0 Å². The van der Waals surface area contributed by atoms with Gasteiger partial charge < -0.3 is 9.32 Å². The molecule has 146 valence electrons. The fourth-order valence-corrected chi connectivity index (χ4v) is 3.86. The maximum Gasteiger partial charge on any atom is 0.274 e. The summed E-state index contributed by atoms with van der Waals surface area (Å²) in [5, 5.41) is 7.58. The highest BCUT2D eigenvalue weighted by Crippen LogP contribution is 2.23. The minimum Gasteiger partial charge on any atom is -0.463 e. The van der Waals surface area contributed by atoms with E-state index < -0.39 is 0 Å². The Morgan fingerprint density at radius 2 is 2.10 bits per heavy atom. The summed E-state index contributed by atoms with van der Waals surface area (Å²) in [7, 11) is 0. The van der Waals surface area contributed by atoms with Crippen molar-refractivity contribution in [3.05, 3.63) is 71.1 Å². The number of aromatic nitrogens is 4. The van der Waals surface area contributed by atoms with Crippen LogP contribution in [0.2, 0.25) is 0 Å². The lowest BCUT2D eigenvalue weighted by Gasteiger charge is -2.33. The van der Waals surface area contributed by atoms with Crippen molar-refractivity contribution in [2.24, 2.45) is 0 Å². The largest absolute Gasteiger partial charge is 0.463 e. The first-order chi connectivity index (χ1) is 14.2. The number of para-hydroxylation sites is 1. The van der Waals surface area contributed by atoms with Gasteiger partial charge in [-0.05, 0) is 37.1 Å². The van der Waals surface area contributed by atoms with Crippen molar-refractivity contribution in [1.82, 2.24) is 24.6 Å². The Hall–Kier alpha value is -3.68. The highest BCUT2D eigenvalue weighted by molar-refractivity contribution is 5.93. The molecule has 29 heavy (non-hydrogen) atoms. The number of likely N-dealkylation sites (tertiary alicyclic amines) is 1. The summed E-state index contributed by atoms with van der Waals surface area (Å²) in [4.78, 5) is 32.0. The summed E-state index contributed by atoms with van der Waals surface area (Å²) in [5.74, 6) is 0.465. The number of rotatable bonds is 3. The first-order valence-corrected chi connectivity index (χ1v) is 9.55. The van der Waals surface area contributed by atoms with Gasteiger partial charge in [-0.2, -0.15) is 5.10 Å². The molecule has 1 aliphatic heterocycles. The second-order valence-corrected chi connectivity index (χ2v) is 7.17. The normalized spacial score (nSPS) is 17.0. The Balaban J connectivity index is 1.39. The summed E-state index contributed by atoms with van der Waals surface area (Å²) >= 11 is 0. The molecule has 1 saturated heterocycles. The number of piperidine rings is 1. The molecule has 8 heteroatoms. The van der Waals surface area contributed by atoms with Gasteiger partial charge in [-0.15, -0.1) is 0 Å². The van der Waals surface area contributed by atoms with E-state index in [4.69, 9.17) is 4.42 Å². The zero-order valence-corrected chi connectivity index (χ0v) is 15.6. The Morgan fingerprint density at radius 3 is 2.97 bits per heavy atom. The Kier molecular flexibility index (Phi) is 4.23. The molecule has 3 aromatic heterocycles. The van der Waals surface area contributed by atoms with E-state index in [0.717, 1.165) is 12.8 Å². The first kappa shape index (κ1) is 17.4. The second-order valence-electron chi connectivity index (χ2n) is 7.17. The third kappa shape index (κ3) is 3.12. The molecule has 1 unspecified atom stereocenters. The van der Waals surface area contributed by atoms with Gasteiger partial charge in [0.05, 0.1) is 29.5 Å². The summed E-state index contributed by atoms with van der Waals surface area (Å²) in [6, 6.07) is 12.5. The number of benzene rings is 1. The SMILES string of the molecule is O=C(c1cc(-c2ccco2)[nH]n1)N1CCCC(n2cnc3ccccc3c2=O)C1. The molecule has 0 aliphatic carbocycles. The van der Waals surface area contributed by atoms with Gasteiger partial charge in [-0.1, -0.05) is 12.1 Å². The van der Waals surface area contributed by atoms with Crippen molar-refractivity contribution >= 4 is 16.8 Å². The highest BCUT2D eigenvalue weighted by atomic mass is 16.3. The summed E-state index contributed by atoms with van der Waals surface area (Å²) in [6.45, 7) is 1.08. The van der Waals surface area contributed by atoms with Gasteiger partial charge in [0, 0.05) is 19.2 Å². The van der Waals surface area contributed by atoms with Crippen molar-refractivity contribution < 1.29 is 9.21 Å². The minimum absolute atomic E-state index is 0.0743. The predicted molar refractivity (Wildman–Crippen MR) is 106 cm³/mol. The van der Waals surface area contributed by atoms with Crippen LogP contribution in [0.25, 0.3) is 22.4 Å². The Morgan fingerprint density at radius 1 is 1.21 bits per heavy atom. The average molecular weight is 389 g/mol. The van der Waals surface area contributed by atoms with Crippen LogP contribution >= 0.6 is 0 Å². The number of hydrogen-bond donors (Lipinski definition) is 1. The first-order valence-electron chi connectivity index (χ1n) is 9.55. The number of furan rings is 1. The maximum absolute atomic E-state index is 13.0. The molecule has 1 atom stereocenters. The van der Waals surface area contributed by atoms with Gasteiger partial charge in [-0.25, -0.2) is 4.98 Å². The standard InChI is InChI=1S/C21H19N5O3/c27-20-15-6-1-2-7-16(15)22-13-26(20)14-5-3-9-25(12-14)21(28)18-11-17(23-24-18)19-8-4-10-29-19/h1-2,4,6-8,10-11,13-14H,3,5,9,12H2,(H,23,24). The number of amides is 1. The molecule has 1 aromatic carbocycles. The van der Waals surface area contributed by atoms with Crippen LogP contribution in [0.4, 0.5) is 0 Å². The van der Waals surface area contributed by atoms with E-state index in [0.29, 0.717) is 41.1 Å². The fourth-order valence-electron chi connectivity index (χ4n) is 3.86. The Labute approximate surface area is 165 Å². The van der Waals surface area contributed by atoms with E-state index in [1.165, 1.54) is 0 Å².